The molecule has 0 unspecified atom stereocenters. The molecule has 0 spiro atoms. The highest BCUT2D eigenvalue weighted by Gasteiger charge is 2.14. The van der Waals surface area contributed by atoms with E-state index in [0.29, 0.717) is 0 Å². The number of hydrogen-bond acceptors (Lipinski definition) is 3. The Morgan fingerprint density at radius 2 is 1.42 bits per heavy atom. The summed E-state index contributed by atoms with van der Waals surface area (Å²) in [5.41, 5.74) is 5.10. The number of fused-ring (bicyclic) bond motifs is 3. The first-order valence-corrected chi connectivity index (χ1v) is 8.68. The maximum absolute atomic E-state index is 6.23. The molecule has 3 aromatic carbocycles. The number of para-hydroxylation sites is 2. The number of benzene rings is 3. The smallest absolute Gasteiger partial charge is 0.223 e. The fraction of sp³-hybridized carbons (Fsp3) is 0. The van der Waals surface area contributed by atoms with Crippen LogP contribution in [0.1, 0.15) is 0 Å². The molecule has 0 saturated carbocycles. The van der Waals surface area contributed by atoms with Crippen LogP contribution in [0.3, 0.4) is 0 Å². The second kappa shape index (κ2) is 5.97. The summed E-state index contributed by atoms with van der Waals surface area (Å²) in [7, 11) is 0. The van der Waals surface area contributed by atoms with E-state index in [2.05, 4.69) is 22.1 Å². The van der Waals surface area contributed by atoms with E-state index in [9.17, 15) is 0 Å². The minimum atomic E-state index is 0.217. The maximum atomic E-state index is 6.23. The third-order valence-electron chi connectivity index (χ3n) is 4.45. The average Bonchev–Trinajstić information content (AvgIpc) is 3.07. The number of furan rings is 1. The van der Waals surface area contributed by atoms with Crippen molar-refractivity contribution in [3.63, 3.8) is 0 Å². The minimum absolute atomic E-state index is 0.217. The van der Waals surface area contributed by atoms with Crippen LogP contribution in [0.25, 0.3) is 44.5 Å². The van der Waals surface area contributed by atoms with Crippen molar-refractivity contribution < 1.29 is 4.42 Å². The van der Waals surface area contributed by atoms with Crippen LogP contribution in [-0.2, 0) is 0 Å². The Morgan fingerprint density at radius 1 is 0.692 bits per heavy atom. The zero-order chi connectivity index (χ0) is 17.5. The van der Waals surface area contributed by atoms with Crippen LogP contribution in [0.15, 0.2) is 83.3 Å². The Labute approximate surface area is 154 Å². The first kappa shape index (κ1) is 15.1. The molecule has 0 bridgehead atoms. The van der Waals surface area contributed by atoms with Crippen molar-refractivity contribution >= 4 is 33.5 Å². The molecule has 0 amide bonds. The van der Waals surface area contributed by atoms with Crippen molar-refractivity contribution in [2.75, 3.05) is 0 Å². The highest BCUT2D eigenvalue weighted by molar-refractivity contribution is 6.28. The van der Waals surface area contributed by atoms with Gasteiger partial charge >= 0.3 is 0 Å². The lowest BCUT2D eigenvalue weighted by atomic mass is 10.0. The Hall–Kier alpha value is -3.17. The zero-order valence-electron chi connectivity index (χ0n) is 13.7. The van der Waals surface area contributed by atoms with Gasteiger partial charge in [-0.05, 0) is 29.8 Å². The molecule has 0 saturated heterocycles. The first-order chi connectivity index (χ1) is 12.8. The topological polar surface area (TPSA) is 38.9 Å². The van der Waals surface area contributed by atoms with E-state index in [0.717, 1.165) is 44.5 Å². The molecule has 0 fully saturated rings. The summed E-state index contributed by atoms with van der Waals surface area (Å²) in [6.07, 6.45) is 0. The van der Waals surface area contributed by atoms with Crippen molar-refractivity contribution in [3.05, 3.63) is 84.1 Å². The van der Waals surface area contributed by atoms with Gasteiger partial charge in [-0.1, -0.05) is 60.7 Å². The molecular formula is C22H13ClN2O. The molecule has 0 atom stereocenters. The second-order valence-electron chi connectivity index (χ2n) is 6.05. The van der Waals surface area contributed by atoms with Crippen molar-refractivity contribution in [2.45, 2.75) is 0 Å². The molecule has 4 heteroatoms. The molecule has 124 valence electrons. The van der Waals surface area contributed by atoms with Crippen LogP contribution in [-0.4, -0.2) is 9.97 Å². The van der Waals surface area contributed by atoms with Gasteiger partial charge in [0.25, 0.3) is 0 Å². The summed E-state index contributed by atoms with van der Waals surface area (Å²) >= 11 is 6.23. The molecular weight excluding hydrogens is 344 g/mol. The molecule has 2 aromatic heterocycles. The quantitative estimate of drug-likeness (QED) is 0.345. The number of hydrogen-bond donors (Lipinski definition) is 0. The van der Waals surface area contributed by atoms with Crippen molar-refractivity contribution in [1.82, 2.24) is 9.97 Å². The first-order valence-electron chi connectivity index (χ1n) is 8.30. The molecule has 0 aliphatic heterocycles. The van der Waals surface area contributed by atoms with E-state index in [4.69, 9.17) is 16.0 Å². The molecule has 0 aliphatic carbocycles. The summed E-state index contributed by atoms with van der Waals surface area (Å²) in [5.74, 6) is 0. The van der Waals surface area contributed by atoms with Gasteiger partial charge < -0.3 is 4.42 Å². The van der Waals surface area contributed by atoms with Crippen molar-refractivity contribution in [1.29, 1.82) is 0 Å². The Balaban J connectivity index is 1.77. The number of nitrogens with zero attached hydrogens (tertiary/aromatic N) is 2. The third kappa shape index (κ3) is 2.45. The highest BCUT2D eigenvalue weighted by atomic mass is 35.5. The predicted molar refractivity (Wildman–Crippen MR) is 105 cm³/mol. The van der Waals surface area contributed by atoms with Crippen molar-refractivity contribution in [3.8, 4) is 22.5 Å². The van der Waals surface area contributed by atoms with E-state index < -0.39 is 0 Å². The standard InChI is InChI=1S/C22H13ClN2O/c23-22-24-18(14-7-2-1-3-8-14)13-19(25-22)17-11-6-10-16-15-9-4-5-12-20(15)26-21(16)17/h1-13H. The lowest BCUT2D eigenvalue weighted by Gasteiger charge is -2.06. The molecule has 3 nitrogen and oxygen atoms in total. The fourth-order valence-corrected chi connectivity index (χ4v) is 3.44. The van der Waals surface area contributed by atoms with Crippen LogP contribution >= 0.6 is 11.6 Å². The summed E-state index contributed by atoms with van der Waals surface area (Å²) in [5, 5.41) is 2.37. The summed E-state index contributed by atoms with van der Waals surface area (Å²) in [6.45, 7) is 0. The van der Waals surface area contributed by atoms with E-state index in [1.54, 1.807) is 0 Å². The Morgan fingerprint density at radius 3 is 2.31 bits per heavy atom. The van der Waals surface area contributed by atoms with Crippen LogP contribution in [0, 0.1) is 0 Å². The maximum Gasteiger partial charge on any atom is 0.223 e. The molecule has 5 aromatic rings. The third-order valence-corrected chi connectivity index (χ3v) is 4.62. The van der Waals surface area contributed by atoms with Gasteiger partial charge in [0.05, 0.1) is 11.4 Å². The molecule has 0 radical (unpaired) electrons. The Bertz CT molecular complexity index is 1250. The van der Waals surface area contributed by atoms with Gasteiger partial charge in [-0.25, -0.2) is 9.97 Å². The largest absolute Gasteiger partial charge is 0.455 e. The molecule has 26 heavy (non-hydrogen) atoms. The van der Waals surface area contributed by atoms with E-state index in [-0.39, 0.29) is 5.28 Å². The van der Waals surface area contributed by atoms with E-state index >= 15 is 0 Å². The SMILES string of the molecule is Clc1nc(-c2ccccc2)cc(-c2cccc3c2oc2ccccc23)n1. The van der Waals surface area contributed by atoms with Gasteiger partial charge in [-0.3, -0.25) is 0 Å². The van der Waals surface area contributed by atoms with E-state index in [1.165, 1.54) is 0 Å². The summed E-state index contributed by atoms with van der Waals surface area (Å²) < 4.78 is 6.12. The Kier molecular flexibility index (Phi) is 3.47. The van der Waals surface area contributed by atoms with Gasteiger partial charge in [0.15, 0.2) is 0 Å². The van der Waals surface area contributed by atoms with Gasteiger partial charge in [0, 0.05) is 21.9 Å². The van der Waals surface area contributed by atoms with Gasteiger partial charge in [0.2, 0.25) is 5.28 Å². The minimum Gasteiger partial charge on any atom is -0.455 e. The number of aromatic nitrogens is 2. The molecule has 0 N–H and O–H groups in total. The average molecular weight is 357 g/mol. The van der Waals surface area contributed by atoms with Crippen LogP contribution in [0.5, 0.6) is 0 Å². The molecule has 0 aliphatic rings. The molecule has 2 heterocycles. The van der Waals surface area contributed by atoms with Gasteiger partial charge in [-0.15, -0.1) is 0 Å². The number of rotatable bonds is 2. The zero-order valence-corrected chi connectivity index (χ0v) is 14.4. The summed E-state index contributed by atoms with van der Waals surface area (Å²) in [4.78, 5) is 8.82. The monoisotopic (exact) mass is 356 g/mol. The van der Waals surface area contributed by atoms with E-state index in [1.807, 2.05) is 66.7 Å². The second-order valence-corrected chi connectivity index (χ2v) is 6.39. The molecule has 5 rings (SSSR count). The fourth-order valence-electron chi connectivity index (χ4n) is 3.26. The van der Waals surface area contributed by atoms with Crippen LogP contribution in [0.2, 0.25) is 5.28 Å². The lowest BCUT2D eigenvalue weighted by molar-refractivity contribution is 0.670. The van der Waals surface area contributed by atoms with Crippen LogP contribution < -0.4 is 0 Å². The highest BCUT2D eigenvalue weighted by Crippen LogP contribution is 2.36. The van der Waals surface area contributed by atoms with Crippen LogP contribution in [0.4, 0.5) is 0 Å². The summed E-state index contributed by atoms with van der Waals surface area (Å²) in [6, 6.07) is 26.0. The normalized spacial score (nSPS) is 11.3. The van der Waals surface area contributed by atoms with Gasteiger partial charge in [0.1, 0.15) is 11.2 Å². The lowest BCUT2D eigenvalue weighted by Crippen LogP contribution is -1.92. The van der Waals surface area contributed by atoms with Gasteiger partial charge in [-0.2, -0.15) is 0 Å². The number of halogens is 1. The predicted octanol–water partition coefficient (Wildman–Crippen LogP) is 6.36. The van der Waals surface area contributed by atoms with Crippen molar-refractivity contribution in [2.24, 2.45) is 0 Å².